The fraction of sp³-hybridized carbons (Fsp3) is 0.235. The molecule has 0 aromatic heterocycles. The Labute approximate surface area is 124 Å². The predicted molar refractivity (Wildman–Crippen MR) is 81.5 cm³/mol. The minimum Gasteiger partial charge on any atom is -0.457 e. The lowest BCUT2D eigenvalue weighted by Gasteiger charge is -2.18. The van der Waals surface area contributed by atoms with Gasteiger partial charge in [0.1, 0.15) is 11.5 Å². The molecule has 0 saturated carbocycles. The van der Waals surface area contributed by atoms with Crippen molar-refractivity contribution in [1.82, 2.24) is 4.90 Å². The molecular weight excluding hydrogens is 264 g/mol. The van der Waals surface area contributed by atoms with Crippen molar-refractivity contribution in [3.8, 4) is 11.5 Å². The van der Waals surface area contributed by atoms with Crippen molar-refractivity contribution in [3.63, 3.8) is 0 Å². The molecule has 2 aromatic carbocycles. The highest BCUT2D eigenvalue weighted by Crippen LogP contribution is 2.26. The number of likely N-dealkylation sites (tertiary alicyclic amines) is 1. The van der Waals surface area contributed by atoms with Crippen molar-refractivity contribution >= 4 is 5.91 Å². The van der Waals surface area contributed by atoms with Crippen LogP contribution in [0.5, 0.6) is 11.5 Å². The average Bonchev–Trinajstić information content (AvgIpc) is 2.95. The van der Waals surface area contributed by atoms with Crippen LogP contribution in [0.2, 0.25) is 0 Å². The van der Waals surface area contributed by atoms with Crippen molar-refractivity contribution in [1.29, 1.82) is 0 Å². The van der Waals surface area contributed by atoms with E-state index in [9.17, 15) is 4.79 Å². The lowest BCUT2D eigenvalue weighted by Crippen LogP contribution is -2.32. The molecule has 1 aliphatic rings. The predicted octanol–water partition coefficient (Wildman–Crippen LogP) is 2.65. The fourth-order valence-electron chi connectivity index (χ4n) is 2.49. The lowest BCUT2D eigenvalue weighted by molar-refractivity contribution is 0.0788. The Kier molecular flexibility index (Phi) is 3.88. The number of carbonyl (C=O) groups excluding carboxylic acids is 1. The topological polar surface area (TPSA) is 55.6 Å². The average molecular weight is 282 g/mol. The van der Waals surface area contributed by atoms with Crippen LogP contribution >= 0.6 is 0 Å². The molecule has 108 valence electrons. The summed E-state index contributed by atoms with van der Waals surface area (Å²) >= 11 is 0. The second kappa shape index (κ2) is 5.97. The molecule has 2 N–H and O–H groups in total. The quantitative estimate of drug-likeness (QED) is 0.941. The van der Waals surface area contributed by atoms with Gasteiger partial charge in [0.25, 0.3) is 5.91 Å². The first kappa shape index (κ1) is 13.6. The second-order valence-electron chi connectivity index (χ2n) is 5.21. The summed E-state index contributed by atoms with van der Waals surface area (Å²) in [4.78, 5) is 14.4. The number of hydrogen-bond donors (Lipinski definition) is 1. The number of ether oxygens (including phenoxy) is 1. The molecule has 1 aliphatic heterocycles. The Balaban J connectivity index is 1.84. The zero-order valence-corrected chi connectivity index (χ0v) is 11.7. The maximum Gasteiger partial charge on any atom is 0.257 e. The van der Waals surface area contributed by atoms with E-state index >= 15 is 0 Å². The van der Waals surface area contributed by atoms with Gasteiger partial charge >= 0.3 is 0 Å². The largest absolute Gasteiger partial charge is 0.457 e. The van der Waals surface area contributed by atoms with Gasteiger partial charge in [-0.25, -0.2) is 0 Å². The van der Waals surface area contributed by atoms with Crippen molar-refractivity contribution in [3.05, 3.63) is 60.2 Å². The van der Waals surface area contributed by atoms with Gasteiger partial charge in [-0.3, -0.25) is 4.79 Å². The molecule has 1 atom stereocenters. The number of amides is 1. The number of benzene rings is 2. The van der Waals surface area contributed by atoms with Crippen molar-refractivity contribution < 1.29 is 9.53 Å². The Morgan fingerprint density at radius 2 is 1.81 bits per heavy atom. The Hall–Kier alpha value is -2.33. The van der Waals surface area contributed by atoms with Gasteiger partial charge in [0.15, 0.2) is 0 Å². The summed E-state index contributed by atoms with van der Waals surface area (Å²) in [7, 11) is 0. The molecule has 0 spiro atoms. The van der Waals surface area contributed by atoms with Crippen LogP contribution in [0.25, 0.3) is 0 Å². The van der Waals surface area contributed by atoms with E-state index in [1.165, 1.54) is 0 Å². The summed E-state index contributed by atoms with van der Waals surface area (Å²) < 4.78 is 5.84. The number of rotatable bonds is 3. The first-order valence-electron chi connectivity index (χ1n) is 7.11. The van der Waals surface area contributed by atoms with E-state index in [1.54, 1.807) is 11.0 Å². The third kappa shape index (κ3) is 3.06. The third-order valence-corrected chi connectivity index (χ3v) is 3.60. The molecule has 1 heterocycles. The molecule has 1 unspecified atom stereocenters. The summed E-state index contributed by atoms with van der Waals surface area (Å²) in [5.41, 5.74) is 6.46. The number of para-hydroxylation sites is 2. The van der Waals surface area contributed by atoms with Gasteiger partial charge in [-0.1, -0.05) is 30.3 Å². The van der Waals surface area contributed by atoms with Crippen LogP contribution in [-0.2, 0) is 0 Å². The summed E-state index contributed by atoms with van der Waals surface area (Å²) in [6, 6.07) is 16.9. The van der Waals surface area contributed by atoms with E-state index in [2.05, 4.69) is 0 Å². The van der Waals surface area contributed by atoms with Gasteiger partial charge in [-0.2, -0.15) is 0 Å². The standard InChI is InChI=1S/C17H18N2O2/c18-13-10-11-19(12-13)17(20)15-8-4-5-9-16(15)21-14-6-2-1-3-7-14/h1-9,13H,10-12,18H2. The van der Waals surface area contributed by atoms with Gasteiger partial charge in [0.05, 0.1) is 5.56 Å². The molecular formula is C17H18N2O2. The van der Waals surface area contributed by atoms with Gasteiger partial charge in [0.2, 0.25) is 0 Å². The maximum absolute atomic E-state index is 12.6. The zero-order chi connectivity index (χ0) is 14.7. The molecule has 1 fully saturated rings. The molecule has 4 heteroatoms. The Bertz CT molecular complexity index is 628. The minimum absolute atomic E-state index is 0.0190. The van der Waals surface area contributed by atoms with E-state index in [0.29, 0.717) is 24.4 Å². The van der Waals surface area contributed by atoms with E-state index in [0.717, 1.165) is 12.2 Å². The summed E-state index contributed by atoms with van der Waals surface area (Å²) in [5, 5.41) is 0. The van der Waals surface area contributed by atoms with E-state index in [-0.39, 0.29) is 11.9 Å². The Morgan fingerprint density at radius 1 is 1.10 bits per heavy atom. The molecule has 0 bridgehead atoms. The van der Waals surface area contributed by atoms with E-state index in [4.69, 9.17) is 10.5 Å². The van der Waals surface area contributed by atoms with Crippen LogP contribution in [0.1, 0.15) is 16.8 Å². The van der Waals surface area contributed by atoms with Crippen LogP contribution in [0, 0.1) is 0 Å². The monoisotopic (exact) mass is 282 g/mol. The molecule has 1 amide bonds. The Morgan fingerprint density at radius 3 is 2.52 bits per heavy atom. The molecule has 0 radical (unpaired) electrons. The van der Waals surface area contributed by atoms with E-state index in [1.807, 2.05) is 48.5 Å². The number of carbonyl (C=O) groups is 1. The summed E-state index contributed by atoms with van der Waals surface area (Å²) in [6.45, 7) is 1.32. The van der Waals surface area contributed by atoms with Gasteiger partial charge < -0.3 is 15.4 Å². The highest BCUT2D eigenvalue weighted by atomic mass is 16.5. The highest BCUT2D eigenvalue weighted by Gasteiger charge is 2.26. The van der Waals surface area contributed by atoms with Crippen LogP contribution in [-0.4, -0.2) is 29.9 Å². The molecule has 2 aromatic rings. The smallest absolute Gasteiger partial charge is 0.257 e. The van der Waals surface area contributed by atoms with Gasteiger partial charge in [0, 0.05) is 19.1 Å². The number of nitrogens with two attached hydrogens (primary N) is 1. The van der Waals surface area contributed by atoms with Crippen LogP contribution in [0.4, 0.5) is 0 Å². The molecule has 21 heavy (non-hydrogen) atoms. The SMILES string of the molecule is NC1CCN(C(=O)c2ccccc2Oc2ccccc2)C1. The second-order valence-corrected chi connectivity index (χ2v) is 5.21. The maximum atomic E-state index is 12.6. The summed E-state index contributed by atoms with van der Waals surface area (Å²) in [6.07, 6.45) is 0.855. The highest BCUT2D eigenvalue weighted by molar-refractivity contribution is 5.97. The molecule has 3 rings (SSSR count). The van der Waals surface area contributed by atoms with Crippen molar-refractivity contribution in [2.24, 2.45) is 5.73 Å². The lowest BCUT2D eigenvalue weighted by atomic mass is 10.1. The zero-order valence-electron chi connectivity index (χ0n) is 11.7. The number of hydrogen-bond acceptors (Lipinski definition) is 3. The van der Waals surface area contributed by atoms with E-state index < -0.39 is 0 Å². The first-order chi connectivity index (χ1) is 10.2. The molecule has 4 nitrogen and oxygen atoms in total. The van der Waals surface area contributed by atoms with Gasteiger partial charge in [-0.15, -0.1) is 0 Å². The van der Waals surface area contributed by atoms with Crippen LogP contribution in [0.15, 0.2) is 54.6 Å². The fourth-order valence-corrected chi connectivity index (χ4v) is 2.49. The van der Waals surface area contributed by atoms with Crippen LogP contribution in [0.3, 0.4) is 0 Å². The number of nitrogens with zero attached hydrogens (tertiary/aromatic N) is 1. The molecule has 1 saturated heterocycles. The molecule has 0 aliphatic carbocycles. The summed E-state index contributed by atoms with van der Waals surface area (Å²) in [5.74, 6) is 1.28. The van der Waals surface area contributed by atoms with Crippen molar-refractivity contribution in [2.75, 3.05) is 13.1 Å². The van der Waals surface area contributed by atoms with Crippen molar-refractivity contribution in [2.45, 2.75) is 12.5 Å². The first-order valence-corrected chi connectivity index (χ1v) is 7.11. The third-order valence-electron chi connectivity index (χ3n) is 3.60. The normalized spacial score (nSPS) is 17.8. The van der Waals surface area contributed by atoms with Crippen LogP contribution < -0.4 is 10.5 Å². The van der Waals surface area contributed by atoms with Gasteiger partial charge in [-0.05, 0) is 30.7 Å². The minimum atomic E-state index is -0.0190.